The summed E-state index contributed by atoms with van der Waals surface area (Å²) in [5.74, 6) is 1.41. The Morgan fingerprint density at radius 2 is 1.95 bits per heavy atom. The van der Waals surface area contributed by atoms with Gasteiger partial charge in [-0.2, -0.15) is 4.98 Å². The summed E-state index contributed by atoms with van der Waals surface area (Å²) < 4.78 is 5.55. The Bertz CT molecular complexity index is 596. The van der Waals surface area contributed by atoms with Crippen LogP contribution in [0, 0.1) is 0 Å². The normalized spacial score (nSPS) is 10.2. The highest BCUT2D eigenvalue weighted by Gasteiger charge is 2.05. The minimum atomic E-state index is -0.480. The van der Waals surface area contributed by atoms with Crippen molar-refractivity contribution >= 4 is 11.7 Å². The second kappa shape index (κ2) is 5.34. The Hall–Kier alpha value is -2.63. The Kier molecular flexibility index (Phi) is 3.61. The number of carbonyl (C=O) groups excluding carboxylic acids is 1. The lowest BCUT2D eigenvalue weighted by atomic mass is 10.2. The number of hydrogen-bond donors (Lipinski definition) is 2. The Morgan fingerprint density at radius 1 is 1.26 bits per heavy atom. The molecule has 0 aliphatic rings. The van der Waals surface area contributed by atoms with Crippen LogP contribution in [0.1, 0.15) is 23.1 Å². The molecule has 6 heteroatoms. The van der Waals surface area contributed by atoms with Gasteiger partial charge >= 0.3 is 0 Å². The van der Waals surface area contributed by atoms with Crippen LogP contribution in [-0.2, 0) is 6.42 Å². The van der Waals surface area contributed by atoms with Gasteiger partial charge in [0.15, 0.2) is 0 Å². The topological polar surface area (TPSA) is 104 Å². The van der Waals surface area contributed by atoms with Crippen LogP contribution in [0.15, 0.2) is 30.3 Å². The zero-order valence-corrected chi connectivity index (χ0v) is 10.5. The van der Waals surface area contributed by atoms with E-state index in [1.807, 2.05) is 6.92 Å². The molecule has 6 nitrogen and oxygen atoms in total. The molecule has 0 saturated carbocycles. The van der Waals surface area contributed by atoms with Gasteiger partial charge in [0, 0.05) is 18.1 Å². The number of benzene rings is 1. The number of aromatic nitrogens is 2. The molecule has 2 aromatic rings. The zero-order chi connectivity index (χ0) is 13.8. The van der Waals surface area contributed by atoms with E-state index in [1.54, 1.807) is 30.3 Å². The molecule has 2 rings (SSSR count). The van der Waals surface area contributed by atoms with Gasteiger partial charge in [-0.25, -0.2) is 4.98 Å². The maximum Gasteiger partial charge on any atom is 0.248 e. The number of anilines is 1. The molecule has 1 aromatic carbocycles. The smallest absolute Gasteiger partial charge is 0.248 e. The third-order valence-corrected chi connectivity index (χ3v) is 2.45. The third kappa shape index (κ3) is 3.19. The first kappa shape index (κ1) is 12.8. The van der Waals surface area contributed by atoms with Crippen molar-refractivity contribution in [3.05, 3.63) is 41.7 Å². The van der Waals surface area contributed by atoms with E-state index in [4.69, 9.17) is 16.2 Å². The first-order valence-electron chi connectivity index (χ1n) is 5.79. The summed E-state index contributed by atoms with van der Waals surface area (Å²) in [7, 11) is 0. The maximum absolute atomic E-state index is 10.9. The number of hydrogen-bond acceptors (Lipinski definition) is 5. The molecular formula is C13H14N4O2. The molecule has 0 radical (unpaired) electrons. The number of nitrogen functional groups attached to an aromatic ring is 1. The molecule has 0 atom stereocenters. The molecule has 19 heavy (non-hydrogen) atoms. The van der Waals surface area contributed by atoms with E-state index in [0.717, 1.165) is 0 Å². The average Bonchev–Trinajstić information content (AvgIpc) is 2.38. The Morgan fingerprint density at radius 3 is 2.53 bits per heavy atom. The molecule has 0 aliphatic heterocycles. The number of nitrogens with zero attached hydrogens (tertiary/aromatic N) is 2. The quantitative estimate of drug-likeness (QED) is 0.865. The van der Waals surface area contributed by atoms with E-state index < -0.39 is 5.91 Å². The van der Waals surface area contributed by atoms with Gasteiger partial charge in [0.2, 0.25) is 11.8 Å². The summed E-state index contributed by atoms with van der Waals surface area (Å²) >= 11 is 0. The van der Waals surface area contributed by atoms with E-state index in [1.165, 1.54) is 0 Å². The first-order valence-corrected chi connectivity index (χ1v) is 5.79. The van der Waals surface area contributed by atoms with Crippen LogP contribution < -0.4 is 16.2 Å². The van der Waals surface area contributed by atoms with Gasteiger partial charge in [0.25, 0.3) is 0 Å². The molecule has 0 aliphatic carbocycles. The van der Waals surface area contributed by atoms with E-state index in [0.29, 0.717) is 35.3 Å². The summed E-state index contributed by atoms with van der Waals surface area (Å²) in [6.07, 6.45) is 0.669. The van der Waals surface area contributed by atoms with Gasteiger partial charge in [-0.05, 0) is 24.3 Å². The predicted molar refractivity (Wildman–Crippen MR) is 70.9 cm³/mol. The van der Waals surface area contributed by atoms with Gasteiger partial charge in [-0.15, -0.1) is 0 Å². The molecule has 0 unspecified atom stereocenters. The van der Waals surface area contributed by atoms with Crippen molar-refractivity contribution in [2.75, 3.05) is 5.73 Å². The van der Waals surface area contributed by atoms with Gasteiger partial charge < -0.3 is 16.2 Å². The van der Waals surface area contributed by atoms with Gasteiger partial charge in [-0.3, -0.25) is 4.79 Å². The van der Waals surface area contributed by atoms with Crippen molar-refractivity contribution < 1.29 is 9.53 Å². The highest BCUT2D eigenvalue weighted by atomic mass is 16.5. The highest BCUT2D eigenvalue weighted by molar-refractivity contribution is 5.92. The minimum absolute atomic E-state index is 0.357. The molecule has 98 valence electrons. The fourth-order valence-electron chi connectivity index (χ4n) is 1.51. The van der Waals surface area contributed by atoms with Crippen LogP contribution in [0.2, 0.25) is 0 Å². The zero-order valence-electron chi connectivity index (χ0n) is 10.5. The molecule has 4 N–H and O–H groups in total. The molecule has 0 fully saturated rings. The summed E-state index contributed by atoms with van der Waals surface area (Å²) in [5, 5.41) is 0. The van der Waals surface area contributed by atoms with Crippen LogP contribution in [0.3, 0.4) is 0 Å². The van der Waals surface area contributed by atoms with Gasteiger partial charge in [0.05, 0.1) is 0 Å². The summed E-state index contributed by atoms with van der Waals surface area (Å²) in [6, 6.07) is 8.00. The first-order chi connectivity index (χ1) is 9.08. The molecule has 1 amide bonds. The van der Waals surface area contributed by atoms with Crippen LogP contribution >= 0.6 is 0 Å². The van der Waals surface area contributed by atoms with Gasteiger partial charge in [-0.1, -0.05) is 6.92 Å². The van der Waals surface area contributed by atoms with Crippen molar-refractivity contribution in [2.24, 2.45) is 5.73 Å². The fraction of sp³-hybridized carbons (Fsp3) is 0.154. The van der Waals surface area contributed by atoms with Gasteiger partial charge in [0.1, 0.15) is 17.4 Å². The van der Waals surface area contributed by atoms with Crippen molar-refractivity contribution in [3.8, 4) is 11.6 Å². The van der Waals surface area contributed by atoms with Crippen molar-refractivity contribution in [3.63, 3.8) is 0 Å². The van der Waals surface area contributed by atoms with E-state index in [2.05, 4.69) is 9.97 Å². The second-order valence-electron chi connectivity index (χ2n) is 3.89. The number of amides is 1. The van der Waals surface area contributed by atoms with Crippen LogP contribution in [-0.4, -0.2) is 15.9 Å². The minimum Gasteiger partial charge on any atom is -0.439 e. The predicted octanol–water partition coefficient (Wildman–Crippen LogP) is 1.51. The van der Waals surface area contributed by atoms with Crippen LogP contribution in [0.25, 0.3) is 0 Å². The Balaban J connectivity index is 2.21. The van der Waals surface area contributed by atoms with Crippen LogP contribution in [0.5, 0.6) is 11.6 Å². The van der Waals surface area contributed by atoms with E-state index in [9.17, 15) is 4.79 Å². The van der Waals surface area contributed by atoms with Crippen molar-refractivity contribution in [2.45, 2.75) is 13.3 Å². The largest absolute Gasteiger partial charge is 0.439 e. The number of carbonyl (C=O) groups is 1. The lowest BCUT2D eigenvalue weighted by Crippen LogP contribution is -2.10. The van der Waals surface area contributed by atoms with Crippen LogP contribution in [0.4, 0.5) is 5.82 Å². The molecule has 0 saturated heterocycles. The molecular weight excluding hydrogens is 244 g/mol. The SMILES string of the molecule is CCc1nc(N)cc(Oc2ccc(C(N)=O)cc2)n1. The number of rotatable bonds is 4. The van der Waals surface area contributed by atoms with E-state index >= 15 is 0 Å². The standard InChI is InChI=1S/C13H14N4O2/c1-2-11-16-10(14)7-12(17-11)19-9-5-3-8(4-6-9)13(15)18/h3-7H,2H2,1H3,(H2,15,18)(H2,14,16,17). The lowest BCUT2D eigenvalue weighted by Gasteiger charge is -2.07. The third-order valence-electron chi connectivity index (χ3n) is 2.45. The highest BCUT2D eigenvalue weighted by Crippen LogP contribution is 2.21. The van der Waals surface area contributed by atoms with Crippen molar-refractivity contribution in [1.82, 2.24) is 9.97 Å². The Labute approximate surface area is 110 Å². The number of ether oxygens (including phenoxy) is 1. The van der Waals surface area contributed by atoms with Crippen molar-refractivity contribution in [1.29, 1.82) is 0 Å². The maximum atomic E-state index is 10.9. The lowest BCUT2D eigenvalue weighted by molar-refractivity contribution is 0.100. The van der Waals surface area contributed by atoms with E-state index in [-0.39, 0.29) is 0 Å². The number of primary amides is 1. The number of nitrogens with two attached hydrogens (primary N) is 2. The summed E-state index contributed by atoms with van der Waals surface area (Å²) in [5.41, 5.74) is 11.2. The monoisotopic (exact) mass is 258 g/mol. The molecule has 0 spiro atoms. The summed E-state index contributed by atoms with van der Waals surface area (Å²) in [6.45, 7) is 1.93. The average molecular weight is 258 g/mol. The number of aryl methyl sites for hydroxylation is 1. The molecule has 1 aromatic heterocycles. The second-order valence-corrected chi connectivity index (χ2v) is 3.89. The summed E-state index contributed by atoms with van der Waals surface area (Å²) in [4.78, 5) is 19.2. The molecule has 0 bridgehead atoms. The fourth-order valence-corrected chi connectivity index (χ4v) is 1.51. The molecule has 1 heterocycles.